The highest BCUT2D eigenvalue weighted by Crippen LogP contribution is 2.35. The van der Waals surface area contributed by atoms with E-state index in [0.29, 0.717) is 5.82 Å². The molecule has 10 rings (SSSR count). The first kappa shape index (κ1) is 29.0. The Morgan fingerprint density at radius 1 is 0.392 bits per heavy atom. The molecular formula is C47H30N4. The maximum Gasteiger partial charge on any atom is 0.160 e. The van der Waals surface area contributed by atoms with E-state index >= 15 is 0 Å². The van der Waals surface area contributed by atoms with Crippen LogP contribution < -0.4 is 0 Å². The number of hydrogen-bond donors (Lipinski definition) is 0. The van der Waals surface area contributed by atoms with Crippen molar-refractivity contribution in [1.29, 1.82) is 0 Å². The number of benzene rings is 7. The number of hydrogen-bond acceptors (Lipinski definition) is 3. The fourth-order valence-electron chi connectivity index (χ4n) is 7.33. The Morgan fingerprint density at radius 3 is 1.75 bits per heavy atom. The smallest absolute Gasteiger partial charge is 0.160 e. The van der Waals surface area contributed by atoms with Gasteiger partial charge in [0.05, 0.1) is 27.9 Å². The zero-order chi connectivity index (χ0) is 33.7. The molecule has 0 N–H and O–H groups in total. The highest BCUT2D eigenvalue weighted by molar-refractivity contribution is 6.09. The van der Waals surface area contributed by atoms with Crippen molar-refractivity contribution in [1.82, 2.24) is 19.5 Å². The molecule has 0 unspecified atom stereocenters. The van der Waals surface area contributed by atoms with Crippen LogP contribution in [0, 0.1) is 0 Å². The summed E-state index contributed by atoms with van der Waals surface area (Å²) in [5.74, 6) is 0.685. The number of pyridine rings is 1. The van der Waals surface area contributed by atoms with Gasteiger partial charge >= 0.3 is 0 Å². The number of para-hydroxylation sites is 3. The van der Waals surface area contributed by atoms with E-state index in [9.17, 15) is 0 Å². The molecule has 0 fully saturated rings. The van der Waals surface area contributed by atoms with Crippen LogP contribution in [0.25, 0.3) is 94.2 Å². The average molecular weight is 651 g/mol. The van der Waals surface area contributed by atoms with Gasteiger partial charge in [0, 0.05) is 50.3 Å². The fourth-order valence-corrected chi connectivity index (χ4v) is 7.33. The summed E-state index contributed by atoms with van der Waals surface area (Å²) >= 11 is 0. The number of aromatic nitrogens is 4. The standard InChI is InChI=1S/C47H30N4/c1-3-13-38-32(10-1)12-9-16-39(38)44-29-43(33-24-26-37(27-25-33)51-45-18-7-4-14-40(45)41-15-5-8-19-46(41)51)49-47(50-44)34-22-20-31(21-23-34)36-28-35-11-2-6-17-42(35)48-30-36/h1-30H. The number of fused-ring (bicyclic) bond motifs is 5. The monoisotopic (exact) mass is 650 g/mol. The second kappa shape index (κ2) is 11.9. The summed E-state index contributed by atoms with van der Waals surface area (Å²) in [6.07, 6.45) is 1.94. The lowest BCUT2D eigenvalue weighted by molar-refractivity contribution is 1.17. The Bertz CT molecular complexity index is 2850. The van der Waals surface area contributed by atoms with Gasteiger partial charge in [0.15, 0.2) is 5.82 Å². The lowest BCUT2D eigenvalue weighted by atomic mass is 10.00. The SMILES string of the molecule is c1ccc2ncc(-c3ccc(-c4nc(-c5ccc(-n6c7ccccc7c7ccccc76)cc5)cc(-c5cccc6ccccc56)n4)cc3)cc2c1. The predicted octanol–water partition coefficient (Wildman–Crippen LogP) is 11.9. The Kier molecular flexibility index (Phi) is 6.78. The summed E-state index contributed by atoms with van der Waals surface area (Å²) in [7, 11) is 0. The van der Waals surface area contributed by atoms with E-state index < -0.39 is 0 Å². The van der Waals surface area contributed by atoms with E-state index in [4.69, 9.17) is 9.97 Å². The molecule has 0 saturated heterocycles. The summed E-state index contributed by atoms with van der Waals surface area (Å²) in [4.78, 5) is 15.1. The highest BCUT2D eigenvalue weighted by Gasteiger charge is 2.15. The normalized spacial score (nSPS) is 11.5. The van der Waals surface area contributed by atoms with Gasteiger partial charge in [-0.05, 0) is 58.8 Å². The van der Waals surface area contributed by atoms with Gasteiger partial charge in [0.2, 0.25) is 0 Å². The van der Waals surface area contributed by atoms with Crippen LogP contribution in [0.2, 0.25) is 0 Å². The summed E-state index contributed by atoms with van der Waals surface area (Å²) in [6, 6.07) is 61.8. The molecule has 0 radical (unpaired) electrons. The van der Waals surface area contributed by atoms with Gasteiger partial charge in [-0.3, -0.25) is 4.98 Å². The van der Waals surface area contributed by atoms with Crippen molar-refractivity contribution in [3.8, 4) is 50.7 Å². The fraction of sp³-hybridized carbons (Fsp3) is 0. The third-order valence-corrected chi connectivity index (χ3v) is 9.86. The molecule has 0 aliphatic carbocycles. The second-order valence-corrected chi connectivity index (χ2v) is 12.9. The van der Waals surface area contributed by atoms with Crippen LogP contribution in [0.15, 0.2) is 182 Å². The minimum Gasteiger partial charge on any atom is -0.309 e. The minimum atomic E-state index is 0.685. The molecule has 0 saturated carbocycles. The van der Waals surface area contributed by atoms with Crippen molar-refractivity contribution in [3.63, 3.8) is 0 Å². The molecule has 0 amide bonds. The third kappa shape index (κ3) is 5.04. The first-order valence-electron chi connectivity index (χ1n) is 17.2. The van der Waals surface area contributed by atoms with Crippen LogP contribution in [0.4, 0.5) is 0 Å². The van der Waals surface area contributed by atoms with Crippen molar-refractivity contribution < 1.29 is 0 Å². The van der Waals surface area contributed by atoms with Gasteiger partial charge in [0.25, 0.3) is 0 Å². The molecule has 51 heavy (non-hydrogen) atoms. The molecular weight excluding hydrogens is 621 g/mol. The predicted molar refractivity (Wildman–Crippen MR) is 211 cm³/mol. The maximum absolute atomic E-state index is 5.19. The lowest BCUT2D eigenvalue weighted by Gasteiger charge is -2.13. The number of nitrogens with zero attached hydrogens (tertiary/aromatic N) is 4. The van der Waals surface area contributed by atoms with E-state index in [1.165, 1.54) is 27.2 Å². The quantitative estimate of drug-likeness (QED) is 0.186. The average Bonchev–Trinajstić information content (AvgIpc) is 3.55. The molecule has 10 aromatic rings. The largest absolute Gasteiger partial charge is 0.309 e. The molecule has 3 aromatic heterocycles. The molecule has 238 valence electrons. The molecule has 0 atom stereocenters. The van der Waals surface area contributed by atoms with Gasteiger partial charge in [0.1, 0.15) is 0 Å². The summed E-state index contributed by atoms with van der Waals surface area (Å²) < 4.78 is 2.34. The van der Waals surface area contributed by atoms with E-state index in [2.05, 4.69) is 167 Å². The van der Waals surface area contributed by atoms with Gasteiger partial charge < -0.3 is 4.57 Å². The van der Waals surface area contributed by atoms with Crippen molar-refractivity contribution in [3.05, 3.63) is 182 Å². The Morgan fingerprint density at radius 2 is 0.980 bits per heavy atom. The Hall–Kier alpha value is -6.91. The first-order valence-corrected chi connectivity index (χ1v) is 17.2. The van der Waals surface area contributed by atoms with Crippen LogP contribution in [0.5, 0.6) is 0 Å². The zero-order valence-electron chi connectivity index (χ0n) is 27.6. The van der Waals surface area contributed by atoms with E-state index in [0.717, 1.165) is 61.2 Å². The Balaban J connectivity index is 1.09. The van der Waals surface area contributed by atoms with Crippen LogP contribution >= 0.6 is 0 Å². The molecule has 0 spiro atoms. The second-order valence-electron chi connectivity index (χ2n) is 12.9. The minimum absolute atomic E-state index is 0.685. The van der Waals surface area contributed by atoms with Gasteiger partial charge in [-0.1, -0.05) is 133 Å². The third-order valence-electron chi connectivity index (χ3n) is 9.86. The van der Waals surface area contributed by atoms with Gasteiger partial charge in [-0.25, -0.2) is 9.97 Å². The van der Waals surface area contributed by atoms with Crippen LogP contribution in [-0.4, -0.2) is 19.5 Å². The van der Waals surface area contributed by atoms with Crippen molar-refractivity contribution in [2.75, 3.05) is 0 Å². The lowest BCUT2D eigenvalue weighted by Crippen LogP contribution is -1.97. The van der Waals surface area contributed by atoms with Crippen LogP contribution in [-0.2, 0) is 0 Å². The van der Waals surface area contributed by atoms with E-state index in [1.807, 2.05) is 24.4 Å². The summed E-state index contributed by atoms with van der Waals surface area (Å²) in [5, 5.41) is 5.97. The molecule has 4 heteroatoms. The van der Waals surface area contributed by atoms with Crippen molar-refractivity contribution >= 4 is 43.5 Å². The summed E-state index contributed by atoms with van der Waals surface area (Å²) in [6.45, 7) is 0. The molecule has 7 aromatic carbocycles. The van der Waals surface area contributed by atoms with Gasteiger partial charge in [-0.15, -0.1) is 0 Å². The van der Waals surface area contributed by atoms with E-state index in [1.54, 1.807) is 0 Å². The molecule has 0 aliphatic heterocycles. The topological polar surface area (TPSA) is 43.6 Å². The molecule has 0 bridgehead atoms. The Labute approximate surface area is 295 Å². The zero-order valence-corrected chi connectivity index (χ0v) is 27.6. The molecule has 4 nitrogen and oxygen atoms in total. The van der Waals surface area contributed by atoms with Crippen molar-refractivity contribution in [2.24, 2.45) is 0 Å². The van der Waals surface area contributed by atoms with Gasteiger partial charge in [-0.2, -0.15) is 0 Å². The van der Waals surface area contributed by atoms with Crippen LogP contribution in [0.3, 0.4) is 0 Å². The highest BCUT2D eigenvalue weighted by atomic mass is 15.0. The first-order chi connectivity index (χ1) is 25.3. The maximum atomic E-state index is 5.19. The molecule has 3 heterocycles. The van der Waals surface area contributed by atoms with Crippen LogP contribution in [0.1, 0.15) is 0 Å². The van der Waals surface area contributed by atoms with Crippen molar-refractivity contribution in [2.45, 2.75) is 0 Å². The number of rotatable bonds is 5. The van der Waals surface area contributed by atoms with E-state index in [-0.39, 0.29) is 0 Å². The molecule has 0 aliphatic rings. The summed E-state index contributed by atoms with van der Waals surface area (Å²) in [5.41, 5.74) is 11.5.